The Balaban J connectivity index is 1.46. The summed E-state index contributed by atoms with van der Waals surface area (Å²) in [4.78, 5) is 23.6. The van der Waals surface area contributed by atoms with Gasteiger partial charge in [-0.2, -0.15) is 5.26 Å². The fourth-order valence-electron chi connectivity index (χ4n) is 2.20. The van der Waals surface area contributed by atoms with Gasteiger partial charge in [-0.1, -0.05) is 6.07 Å². The molecule has 7 nitrogen and oxygen atoms in total. The Hall–Kier alpha value is -3.53. The second-order valence-electron chi connectivity index (χ2n) is 5.23. The van der Waals surface area contributed by atoms with Gasteiger partial charge < -0.3 is 19.5 Å². The summed E-state index contributed by atoms with van der Waals surface area (Å²) in [6.45, 7) is 0.0870. The van der Waals surface area contributed by atoms with Crippen LogP contribution in [-0.4, -0.2) is 25.3 Å². The van der Waals surface area contributed by atoms with E-state index in [0.29, 0.717) is 17.1 Å². The summed E-state index contributed by atoms with van der Waals surface area (Å²) in [6.07, 6.45) is 0. The predicted octanol–water partition coefficient (Wildman–Crippen LogP) is 1.76. The summed E-state index contributed by atoms with van der Waals surface area (Å²) in [6, 6.07) is 13.3. The number of carbonyl (C=O) groups excluding carboxylic acids is 2. The molecule has 126 valence electrons. The van der Waals surface area contributed by atoms with Crippen LogP contribution >= 0.6 is 0 Å². The van der Waals surface area contributed by atoms with E-state index < -0.39 is 11.9 Å². The Morgan fingerprint density at radius 2 is 1.88 bits per heavy atom. The number of hydrogen-bond donors (Lipinski definition) is 1. The molecule has 0 aliphatic carbocycles. The average molecular weight is 338 g/mol. The van der Waals surface area contributed by atoms with E-state index in [1.54, 1.807) is 12.1 Å². The van der Waals surface area contributed by atoms with Gasteiger partial charge in [-0.15, -0.1) is 0 Å². The van der Waals surface area contributed by atoms with Gasteiger partial charge in [0.15, 0.2) is 18.1 Å². The highest BCUT2D eigenvalue weighted by Crippen LogP contribution is 2.32. The quantitative estimate of drug-likeness (QED) is 0.834. The fraction of sp³-hybridized carbons (Fsp3) is 0.167. The molecule has 1 amide bonds. The SMILES string of the molecule is N#Cc1ccc(C(=O)OCC(=O)NCc2ccc3c(c2)OCO3)cc1. The van der Waals surface area contributed by atoms with Crippen molar-refractivity contribution in [2.75, 3.05) is 13.4 Å². The third-order valence-electron chi connectivity index (χ3n) is 3.51. The van der Waals surface area contributed by atoms with Gasteiger partial charge in [0.1, 0.15) is 0 Å². The molecule has 1 N–H and O–H groups in total. The highest BCUT2D eigenvalue weighted by Gasteiger charge is 2.14. The molecule has 0 atom stereocenters. The summed E-state index contributed by atoms with van der Waals surface area (Å²) in [5.74, 6) is 0.271. The molecular formula is C18H14N2O5. The van der Waals surface area contributed by atoms with E-state index >= 15 is 0 Å². The molecule has 2 aromatic rings. The number of nitriles is 1. The molecule has 0 saturated heterocycles. The van der Waals surface area contributed by atoms with E-state index in [1.807, 2.05) is 12.1 Å². The minimum absolute atomic E-state index is 0.191. The molecule has 0 bridgehead atoms. The smallest absolute Gasteiger partial charge is 0.338 e. The number of ether oxygens (including phenoxy) is 3. The van der Waals surface area contributed by atoms with Crippen LogP contribution in [0.1, 0.15) is 21.5 Å². The van der Waals surface area contributed by atoms with Gasteiger partial charge in [0.25, 0.3) is 5.91 Å². The van der Waals surface area contributed by atoms with Crippen LogP contribution < -0.4 is 14.8 Å². The normalized spacial score (nSPS) is 11.5. The first-order valence-corrected chi connectivity index (χ1v) is 7.48. The van der Waals surface area contributed by atoms with Crippen molar-refractivity contribution in [2.45, 2.75) is 6.54 Å². The Kier molecular flexibility index (Phi) is 4.81. The van der Waals surface area contributed by atoms with E-state index in [-0.39, 0.29) is 25.5 Å². The van der Waals surface area contributed by atoms with E-state index in [1.165, 1.54) is 24.3 Å². The molecule has 0 aromatic heterocycles. The second kappa shape index (κ2) is 7.36. The first-order chi connectivity index (χ1) is 12.2. The molecule has 1 aliphatic heterocycles. The Morgan fingerprint density at radius 1 is 1.12 bits per heavy atom. The van der Waals surface area contributed by atoms with Crippen molar-refractivity contribution in [1.82, 2.24) is 5.32 Å². The van der Waals surface area contributed by atoms with Gasteiger partial charge >= 0.3 is 5.97 Å². The molecule has 25 heavy (non-hydrogen) atoms. The maximum atomic E-state index is 11.8. The zero-order chi connectivity index (χ0) is 17.6. The first kappa shape index (κ1) is 16.3. The second-order valence-corrected chi connectivity index (χ2v) is 5.23. The van der Waals surface area contributed by atoms with Crippen molar-refractivity contribution in [2.24, 2.45) is 0 Å². The van der Waals surface area contributed by atoms with E-state index in [4.69, 9.17) is 19.5 Å². The lowest BCUT2D eigenvalue weighted by atomic mass is 10.1. The number of fused-ring (bicyclic) bond motifs is 1. The summed E-state index contributed by atoms with van der Waals surface area (Å²) < 4.78 is 15.4. The standard InChI is InChI=1S/C18H14N2O5/c19-8-12-1-4-14(5-2-12)18(22)23-10-17(21)20-9-13-3-6-15-16(7-13)25-11-24-15/h1-7H,9-11H2,(H,20,21). The number of nitrogens with zero attached hydrogens (tertiary/aromatic N) is 1. The summed E-state index contributed by atoms with van der Waals surface area (Å²) in [5, 5.41) is 11.4. The van der Waals surface area contributed by atoms with E-state index in [9.17, 15) is 9.59 Å². The number of nitrogens with one attached hydrogen (secondary N) is 1. The van der Waals surface area contributed by atoms with Crippen LogP contribution in [0.3, 0.4) is 0 Å². The lowest BCUT2D eigenvalue weighted by Gasteiger charge is -2.07. The van der Waals surface area contributed by atoms with Crippen molar-refractivity contribution in [3.8, 4) is 17.6 Å². The molecule has 0 saturated carbocycles. The highest BCUT2D eigenvalue weighted by molar-refractivity contribution is 5.91. The lowest BCUT2D eigenvalue weighted by Crippen LogP contribution is -2.28. The molecule has 0 spiro atoms. The summed E-state index contributed by atoms with van der Waals surface area (Å²) in [5.41, 5.74) is 1.57. The highest BCUT2D eigenvalue weighted by atomic mass is 16.7. The van der Waals surface area contributed by atoms with Crippen LogP contribution in [-0.2, 0) is 16.1 Å². The Morgan fingerprint density at radius 3 is 2.64 bits per heavy atom. The molecule has 0 fully saturated rings. The fourth-order valence-corrected chi connectivity index (χ4v) is 2.20. The average Bonchev–Trinajstić information content (AvgIpc) is 3.12. The van der Waals surface area contributed by atoms with E-state index in [2.05, 4.69) is 5.32 Å². The molecule has 1 aliphatic rings. The van der Waals surface area contributed by atoms with Crippen LogP contribution in [0.25, 0.3) is 0 Å². The molecule has 2 aromatic carbocycles. The van der Waals surface area contributed by atoms with Gasteiger partial charge in [-0.05, 0) is 42.0 Å². The molecular weight excluding hydrogens is 324 g/mol. The number of rotatable bonds is 5. The van der Waals surface area contributed by atoms with Crippen molar-refractivity contribution in [3.05, 3.63) is 59.2 Å². The first-order valence-electron chi connectivity index (χ1n) is 7.48. The third kappa shape index (κ3) is 4.06. The van der Waals surface area contributed by atoms with Gasteiger partial charge in [-0.3, -0.25) is 4.79 Å². The van der Waals surface area contributed by atoms with Crippen molar-refractivity contribution >= 4 is 11.9 Å². The van der Waals surface area contributed by atoms with Crippen LogP contribution in [0.4, 0.5) is 0 Å². The van der Waals surface area contributed by atoms with Gasteiger partial charge in [0.2, 0.25) is 6.79 Å². The van der Waals surface area contributed by atoms with E-state index in [0.717, 1.165) is 5.56 Å². The number of benzene rings is 2. The zero-order valence-electron chi connectivity index (χ0n) is 13.2. The van der Waals surface area contributed by atoms with Crippen LogP contribution in [0.5, 0.6) is 11.5 Å². The summed E-state index contributed by atoms with van der Waals surface area (Å²) in [7, 11) is 0. The van der Waals surface area contributed by atoms with Crippen molar-refractivity contribution in [1.29, 1.82) is 5.26 Å². The monoisotopic (exact) mass is 338 g/mol. The predicted molar refractivity (Wildman–Crippen MR) is 85.9 cm³/mol. The molecule has 0 radical (unpaired) electrons. The van der Waals surface area contributed by atoms with Crippen molar-refractivity contribution < 1.29 is 23.8 Å². The molecule has 3 rings (SSSR count). The minimum Gasteiger partial charge on any atom is -0.454 e. The molecule has 0 unspecified atom stereocenters. The summed E-state index contributed by atoms with van der Waals surface area (Å²) >= 11 is 0. The Bertz CT molecular complexity index is 840. The number of hydrogen-bond acceptors (Lipinski definition) is 6. The number of carbonyl (C=O) groups is 2. The molecule has 7 heteroatoms. The van der Waals surface area contributed by atoms with Crippen LogP contribution in [0.2, 0.25) is 0 Å². The van der Waals surface area contributed by atoms with Gasteiger partial charge in [-0.25, -0.2) is 4.79 Å². The van der Waals surface area contributed by atoms with Gasteiger partial charge in [0.05, 0.1) is 17.2 Å². The van der Waals surface area contributed by atoms with Gasteiger partial charge in [0, 0.05) is 6.54 Å². The Labute approximate surface area is 143 Å². The minimum atomic E-state index is -0.622. The van der Waals surface area contributed by atoms with Crippen LogP contribution in [0.15, 0.2) is 42.5 Å². The van der Waals surface area contributed by atoms with Crippen molar-refractivity contribution in [3.63, 3.8) is 0 Å². The number of amides is 1. The number of esters is 1. The third-order valence-corrected chi connectivity index (χ3v) is 3.51. The van der Waals surface area contributed by atoms with Crippen LogP contribution in [0, 0.1) is 11.3 Å². The lowest BCUT2D eigenvalue weighted by molar-refractivity contribution is -0.124. The largest absolute Gasteiger partial charge is 0.454 e. The maximum Gasteiger partial charge on any atom is 0.338 e. The maximum absolute atomic E-state index is 11.8. The zero-order valence-corrected chi connectivity index (χ0v) is 13.2. The topological polar surface area (TPSA) is 97.7 Å². The molecule has 1 heterocycles.